The maximum absolute atomic E-state index is 12.9. The molecular formula is C19H20N2O2S2. The van der Waals surface area contributed by atoms with Gasteiger partial charge in [-0.3, -0.25) is 4.72 Å². The maximum atomic E-state index is 12.9. The van der Waals surface area contributed by atoms with Crippen LogP contribution in [0, 0.1) is 27.7 Å². The number of sulfonamides is 1. The van der Waals surface area contributed by atoms with Crippen LogP contribution < -0.4 is 4.72 Å². The molecule has 0 fully saturated rings. The Morgan fingerprint density at radius 3 is 2.44 bits per heavy atom. The average Bonchev–Trinajstić information content (AvgIpc) is 2.98. The van der Waals surface area contributed by atoms with Crippen LogP contribution in [-0.4, -0.2) is 13.4 Å². The van der Waals surface area contributed by atoms with Crippen LogP contribution in [0.4, 0.5) is 5.69 Å². The Morgan fingerprint density at radius 1 is 1.00 bits per heavy atom. The zero-order valence-corrected chi connectivity index (χ0v) is 16.3. The second kappa shape index (κ2) is 6.61. The molecule has 0 aliphatic carbocycles. The molecule has 0 unspecified atom stereocenters. The van der Waals surface area contributed by atoms with E-state index in [9.17, 15) is 8.42 Å². The van der Waals surface area contributed by atoms with Crippen molar-refractivity contribution in [2.45, 2.75) is 32.6 Å². The number of benzene rings is 2. The van der Waals surface area contributed by atoms with Crippen molar-refractivity contribution in [3.63, 3.8) is 0 Å². The minimum atomic E-state index is -3.68. The highest BCUT2D eigenvalue weighted by Crippen LogP contribution is 2.28. The number of aryl methyl sites for hydroxylation is 3. The van der Waals surface area contributed by atoms with Crippen molar-refractivity contribution >= 4 is 27.0 Å². The van der Waals surface area contributed by atoms with Gasteiger partial charge in [-0.25, -0.2) is 13.4 Å². The van der Waals surface area contributed by atoms with E-state index in [0.29, 0.717) is 11.3 Å². The van der Waals surface area contributed by atoms with E-state index < -0.39 is 10.0 Å². The maximum Gasteiger partial charge on any atom is 0.262 e. The molecule has 0 atom stereocenters. The van der Waals surface area contributed by atoms with Gasteiger partial charge in [-0.1, -0.05) is 24.3 Å². The van der Waals surface area contributed by atoms with Gasteiger partial charge in [0.1, 0.15) is 0 Å². The summed E-state index contributed by atoms with van der Waals surface area (Å²) in [4.78, 5) is 4.72. The first kappa shape index (κ1) is 17.6. The Bertz CT molecular complexity index is 1040. The number of hydrogen-bond donors (Lipinski definition) is 1. The van der Waals surface area contributed by atoms with Gasteiger partial charge in [0.25, 0.3) is 10.0 Å². The third kappa shape index (κ3) is 3.60. The van der Waals surface area contributed by atoms with Gasteiger partial charge in [0.15, 0.2) is 0 Å². The molecule has 0 aliphatic heterocycles. The highest BCUT2D eigenvalue weighted by Gasteiger charge is 2.19. The molecule has 3 aromatic rings. The van der Waals surface area contributed by atoms with Crippen LogP contribution in [-0.2, 0) is 10.0 Å². The van der Waals surface area contributed by atoms with Crippen molar-refractivity contribution in [1.82, 2.24) is 4.98 Å². The van der Waals surface area contributed by atoms with E-state index >= 15 is 0 Å². The molecule has 3 rings (SSSR count). The summed E-state index contributed by atoms with van der Waals surface area (Å²) in [5.74, 6) is 0. The minimum Gasteiger partial charge on any atom is -0.279 e. The number of hydrogen-bond acceptors (Lipinski definition) is 4. The van der Waals surface area contributed by atoms with Crippen molar-refractivity contribution < 1.29 is 8.42 Å². The first-order valence-corrected chi connectivity index (χ1v) is 10.3. The third-order valence-electron chi connectivity index (χ3n) is 4.24. The Hall–Kier alpha value is -2.18. The number of thiazole rings is 1. The van der Waals surface area contributed by atoms with Gasteiger partial charge in [0.2, 0.25) is 0 Å². The van der Waals surface area contributed by atoms with Gasteiger partial charge in [-0.15, -0.1) is 11.3 Å². The molecule has 0 aliphatic rings. The van der Waals surface area contributed by atoms with E-state index in [4.69, 9.17) is 0 Å². The Labute approximate surface area is 152 Å². The summed E-state index contributed by atoms with van der Waals surface area (Å²) in [6.45, 7) is 7.61. The van der Waals surface area contributed by atoms with E-state index in [2.05, 4.69) is 9.71 Å². The highest BCUT2D eigenvalue weighted by atomic mass is 32.2. The first-order valence-electron chi connectivity index (χ1n) is 7.90. The Morgan fingerprint density at radius 2 is 1.76 bits per heavy atom. The van der Waals surface area contributed by atoms with Gasteiger partial charge >= 0.3 is 0 Å². The number of rotatable bonds is 4. The fourth-order valence-electron chi connectivity index (χ4n) is 2.61. The standard InChI is InChI=1S/C19H20N2O2S2/c1-12-6-5-7-17(14(12)3)21-25(22,23)19-10-16(9-8-13(19)2)18-11-24-15(4)20-18/h5-11,21H,1-4H3. The number of anilines is 1. The Kier molecular flexibility index (Phi) is 4.67. The average molecular weight is 373 g/mol. The molecule has 0 bridgehead atoms. The molecule has 0 spiro atoms. The second-order valence-electron chi connectivity index (χ2n) is 6.09. The molecule has 0 saturated heterocycles. The van der Waals surface area contributed by atoms with E-state index in [-0.39, 0.29) is 4.90 Å². The number of nitrogens with zero attached hydrogens (tertiary/aromatic N) is 1. The van der Waals surface area contributed by atoms with Crippen LogP contribution in [0.15, 0.2) is 46.7 Å². The molecule has 1 aromatic heterocycles. The summed E-state index contributed by atoms with van der Waals surface area (Å²) in [6.07, 6.45) is 0. The SMILES string of the molecule is Cc1nc(-c2ccc(C)c(S(=O)(=O)Nc3cccc(C)c3C)c2)cs1. The summed E-state index contributed by atoms with van der Waals surface area (Å²) < 4.78 is 28.6. The molecule has 0 amide bonds. The summed E-state index contributed by atoms with van der Waals surface area (Å²) in [7, 11) is -3.68. The number of nitrogens with one attached hydrogen (secondary N) is 1. The quantitative estimate of drug-likeness (QED) is 0.712. The molecule has 4 nitrogen and oxygen atoms in total. The van der Waals surface area contributed by atoms with Crippen LogP contribution in [0.25, 0.3) is 11.3 Å². The fraction of sp³-hybridized carbons (Fsp3) is 0.211. The van der Waals surface area contributed by atoms with E-state index in [1.807, 2.05) is 50.4 Å². The van der Waals surface area contributed by atoms with E-state index in [1.54, 1.807) is 30.4 Å². The monoisotopic (exact) mass is 372 g/mol. The summed E-state index contributed by atoms with van der Waals surface area (Å²) in [6, 6.07) is 11.0. The largest absolute Gasteiger partial charge is 0.279 e. The summed E-state index contributed by atoms with van der Waals surface area (Å²) in [5.41, 5.74) is 4.88. The molecular weight excluding hydrogens is 352 g/mol. The lowest BCUT2D eigenvalue weighted by Crippen LogP contribution is -2.15. The third-order valence-corrected chi connectivity index (χ3v) is 6.52. The van der Waals surface area contributed by atoms with Gasteiger partial charge < -0.3 is 0 Å². The normalized spacial score (nSPS) is 11.5. The topological polar surface area (TPSA) is 59.1 Å². The lowest BCUT2D eigenvalue weighted by atomic mass is 10.1. The fourth-order valence-corrected chi connectivity index (χ4v) is 4.62. The molecule has 6 heteroatoms. The van der Waals surface area contributed by atoms with Gasteiger partial charge in [-0.05, 0) is 56.5 Å². The molecule has 2 aromatic carbocycles. The second-order valence-corrected chi connectivity index (χ2v) is 8.80. The van der Waals surface area contributed by atoms with Gasteiger partial charge in [-0.2, -0.15) is 0 Å². The molecule has 1 heterocycles. The zero-order chi connectivity index (χ0) is 18.2. The van der Waals surface area contributed by atoms with Crippen molar-refractivity contribution in [3.8, 4) is 11.3 Å². The highest BCUT2D eigenvalue weighted by molar-refractivity contribution is 7.92. The van der Waals surface area contributed by atoms with Crippen LogP contribution in [0.2, 0.25) is 0 Å². The zero-order valence-electron chi connectivity index (χ0n) is 14.6. The van der Waals surface area contributed by atoms with Crippen LogP contribution >= 0.6 is 11.3 Å². The first-order chi connectivity index (χ1) is 11.8. The predicted octanol–water partition coefficient (Wildman–Crippen LogP) is 4.84. The molecule has 0 radical (unpaired) electrons. The smallest absolute Gasteiger partial charge is 0.262 e. The summed E-state index contributed by atoms with van der Waals surface area (Å²) in [5, 5.41) is 2.89. The minimum absolute atomic E-state index is 0.275. The molecule has 25 heavy (non-hydrogen) atoms. The lowest BCUT2D eigenvalue weighted by molar-refractivity contribution is 0.600. The number of aromatic nitrogens is 1. The molecule has 1 N–H and O–H groups in total. The molecule has 0 saturated carbocycles. The van der Waals surface area contributed by atoms with Gasteiger partial charge in [0, 0.05) is 10.9 Å². The van der Waals surface area contributed by atoms with Crippen molar-refractivity contribution in [2.24, 2.45) is 0 Å². The van der Waals surface area contributed by atoms with Crippen molar-refractivity contribution in [1.29, 1.82) is 0 Å². The Balaban J connectivity index is 2.03. The summed E-state index contributed by atoms with van der Waals surface area (Å²) >= 11 is 1.55. The van der Waals surface area contributed by atoms with E-state index in [0.717, 1.165) is 27.4 Å². The lowest BCUT2D eigenvalue weighted by Gasteiger charge is -2.14. The van der Waals surface area contributed by atoms with E-state index in [1.165, 1.54) is 0 Å². The molecule has 130 valence electrons. The predicted molar refractivity (Wildman–Crippen MR) is 104 cm³/mol. The van der Waals surface area contributed by atoms with Crippen molar-refractivity contribution in [3.05, 3.63) is 63.5 Å². The van der Waals surface area contributed by atoms with Crippen LogP contribution in [0.1, 0.15) is 21.7 Å². The van der Waals surface area contributed by atoms with Crippen LogP contribution in [0.3, 0.4) is 0 Å². The van der Waals surface area contributed by atoms with Gasteiger partial charge in [0.05, 0.1) is 21.3 Å². The van der Waals surface area contributed by atoms with Crippen molar-refractivity contribution in [2.75, 3.05) is 4.72 Å². The van der Waals surface area contributed by atoms with Crippen LogP contribution in [0.5, 0.6) is 0 Å².